The van der Waals surface area contributed by atoms with E-state index < -0.39 is 46.5 Å². The van der Waals surface area contributed by atoms with Gasteiger partial charge in [0, 0.05) is 5.92 Å². The van der Waals surface area contributed by atoms with Crippen LogP contribution in [0.3, 0.4) is 0 Å². The second-order valence-corrected chi connectivity index (χ2v) is 9.16. The Morgan fingerprint density at radius 3 is 1.93 bits per heavy atom. The van der Waals surface area contributed by atoms with Gasteiger partial charge in [-0.05, 0) is 66.2 Å². The van der Waals surface area contributed by atoms with Crippen LogP contribution in [0.2, 0.25) is 0 Å². The minimum absolute atomic E-state index is 0.249. The number of halogens is 3. The molecule has 0 aliphatic rings. The number of ether oxygens (including phenoxy) is 2. The van der Waals surface area contributed by atoms with Crippen LogP contribution in [0.1, 0.15) is 65.5 Å². The van der Waals surface area contributed by atoms with Gasteiger partial charge in [-0.3, -0.25) is 9.59 Å². The molecule has 4 nitrogen and oxygen atoms in total. The number of hydrogen-bond donors (Lipinski definition) is 0. The molecule has 0 aromatic heterocycles. The highest BCUT2D eigenvalue weighted by atomic mass is 19.4. The molecule has 0 heterocycles. The van der Waals surface area contributed by atoms with Gasteiger partial charge in [-0.2, -0.15) is 13.2 Å². The van der Waals surface area contributed by atoms with Crippen LogP contribution in [0, 0.1) is 11.3 Å². The highest BCUT2D eigenvalue weighted by molar-refractivity contribution is 5.77. The van der Waals surface area contributed by atoms with Gasteiger partial charge < -0.3 is 9.47 Å². The van der Waals surface area contributed by atoms with Crippen molar-refractivity contribution >= 4 is 11.9 Å². The van der Waals surface area contributed by atoms with Crippen molar-refractivity contribution in [1.82, 2.24) is 0 Å². The van der Waals surface area contributed by atoms with Gasteiger partial charge in [0.1, 0.15) is 18.1 Å². The normalized spacial score (nSPS) is 15.0. The van der Waals surface area contributed by atoms with E-state index in [4.69, 9.17) is 9.47 Å². The summed E-state index contributed by atoms with van der Waals surface area (Å²) >= 11 is 0. The Morgan fingerprint density at radius 1 is 1.00 bits per heavy atom. The Balaban J connectivity index is 3.29. The summed E-state index contributed by atoms with van der Waals surface area (Å²) in [6.45, 7) is 11.7. The van der Waals surface area contributed by atoms with Crippen molar-refractivity contribution in [2.45, 2.75) is 66.2 Å². The fourth-order valence-corrected chi connectivity index (χ4v) is 2.66. The molecule has 0 unspecified atom stereocenters. The van der Waals surface area contributed by atoms with Crippen molar-refractivity contribution in [2.24, 2.45) is 11.3 Å². The van der Waals surface area contributed by atoms with Gasteiger partial charge in [0.2, 0.25) is 0 Å². The van der Waals surface area contributed by atoms with E-state index in [2.05, 4.69) is 0 Å². The molecule has 0 aliphatic carbocycles. The van der Waals surface area contributed by atoms with E-state index >= 15 is 0 Å². The third kappa shape index (κ3) is 7.84. The minimum Gasteiger partial charge on any atom is -0.464 e. The fourth-order valence-electron chi connectivity index (χ4n) is 2.66. The minimum atomic E-state index is -4.46. The molecule has 0 saturated heterocycles. The van der Waals surface area contributed by atoms with Crippen LogP contribution in [0.5, 0.6) is 0 Å². The number of carbonyl (C=O) groups excluding carboxylic acids is 2. The van der Waals surface area contributed by atoms with E-state index in [0.717, 1.165) is 12.1 Å². The van der Waals surface area contributed by atoms with Crippen LogP contribution in [0.4, 0.5) is 13.2 Å². The molecule has 1 aromatic carbocycles. The van der Waals surface area contributed by atoms with Crippen LogP contribution in [-0.4, -0.2) is 24.1 Å². The van der Waals surface area contributed by atoms with Crippen molar-refractivity contribution in [1.29, 1.82) is 0 Å². The zero-order valence-corrected chi connectivity index (χ0v) is 18.6. The molecular weight excluding hydrogens is 397 g/mol. The molecule has 0 spiro atoms. The lowest BCUT2D eigenvalue weighted by Crippen LogP contribution is -2.36. The van der Waals surface area contributed by atoms with Gasteiger partial charge in [-0.1, -0.05) is 24.3 Å². The maximum absolute atomic E-state index is 12.9. The van der Waals surface area contributed by atoms with Crippen LogP contribution in [-0.2, 0) is 25.2 Å². The SMILES string of the molecule is CC=C[C@H](c1ccc(C(F)(F)F)cc1)[C@@H](COC(=O)C(C)(C)C)C(=O)OC(C)(C)C. The molecule has 2 atom stereocenters. The smallest absolute Gasteiger partial charge is 0.416 e. The van der Waals surface area contributed by atoms with E-state index in [-0.39, 0.29) is 6.61 Å². The average Bonchev–Trinajstić information content (AvgIpc) is 2.57. The van der Waals surface area contributed by atoms with Gasteiger partial charge in [0.05, 0.1) is 11.0 Å². The quantitative estimate of drug-likeness (QED) is 0.417. The summed E-state index contributed by atoms with van der Waals surface area (Å²) in [5, 5.41) is 0. The van der Waals surface area contributed by atoms with E-state index in [0.29, 0.717) is 5.56 Å². The molecular formula is C23H31F3O4. The summed E-state index contributed by atoms with van der Waals surface area (Å²) in [5.74, 6) is -2.61. The van der Waals surface area contributed by atoms with Crippen molar-refractivity contribution < 1.29 is 32.2 Å². The number of allylic oxidation sites excluding steroid dienone is 2. The molecule has 1 rings (SSSR count). The number of carbonyl (C=O) groups is 2. The van der Waals surface area contributed by atoms with Gasteiger partial charge in [0.15, 0.2) is 0 Å². The highest BCUT2D eigenvalue weighted by Crippen LogP contribution is 2.34. The summed E-state index contributed by atoms with van der Waals surface area (Å²) in [6.07, 6.45) is -1.06. The number of rotatable bonds is 6. The highest BCUT2D eigenvalue weighted by Gasteiger charge is 2.35. The molecule has 0 bridgehead atoms. The zero-order valence-electron chi connectivity index (χ0n) is 18.6. The molecule has 0 saturated carbocycles. The molecule has 30 heavy (non-hydrogen) atoms. The second-order valence-electron chi connectivity index (χ2n) is 9.16. The van der Waals surface area contributed by atoms with E-state index in [1.807, 2.05) is 0 Å². The first-order valence-electron chi connectivity index (χ1n) is 9.76. The second kappa shape index (κ2) is 9.67. The molecule has 1 aromatic rings. The van der Waals surface area contributed by atoms with Crippen LogP contribution in [0.25, 0.3) is 0 Å². The first-order valence-corrected chi connectivity index (χ1v) is 9.76. The number of esters is 2. The Labute approximate surface area is 176 Å². The van der Waals surface area contributed by atoms with Crippen molar-refractivity contribution in [3.8, 4) is 0 Å². The van der Waals surface area contributed by atoms with E-state index in [1.54, 1.807) is 60.6 Å². The van der Waals surface area contributed by atoms with Crippen LogP contribution in [0.15, 0.2) is 36.4 Å². The maximum Gasteiger partial charge on any atom is 0.416 e. The lowest BCUT2D eigenvalue weighted by Gasteiger charge is -2.29. The summed E-state index contributed by atoms with van der Waals surface area (Å²) < 4.78 is 49.6. The summed E-state index contributed by atoms with van der Waals surface area (Å²) in [6, 6.07) is 4.60. The topological polar surface area (TPSA) is 52.6 Å². The summed E-state index contributed by atoms with van der Waals surface area (Å²) in [4.78, 5) is 25.1. The molecule has 0 amide bonds. The molecule has 168 valence electrons. The molecule has 0 radical (unpaired) electrons. The third-order valence-electron chi connectivity index (χ3n) is 4.17. The molecule has 0 N–H and O–H groups in total. The van der Waals surface area contributed by atoms with Gasteiger partial charge in [-0.15, -0.1) is 0 Å². The summed E-state index contributed by atoms with van der Waals surface area (Å²) in [7, 11) is 0. The Kier molecular flexibility index (Phi) is 8.29. The Bertz CT molecular complexity index is 751. The number of alkyl halides is 3. The van der Waals surface area contributed by atoms with Crippen molar-refractivity contribution in [3.05, 3.63) is 47.5 Å². The van der Waals surface area contributed by atoms with Gasteiger partial charge in [0.25, 0.3) is 0 Å². The van der Waals surface area contributed by atoms with Gasteiger partial charge in [-0.25, -0.2) is 0 Å². The fraction of sp³-hybridized carbons (Fsp3) is 0.565. The van der Waals surface area contributed by atoms with Crippen LogP contribution < -0.4 is 0 Å². The Morgan fingerprint density at radius 2 is 1.53 bits per heavy atom. The predicted molar refractivity (Wildman–Crippen MR) is 109 cm³/mol. The standard InChI is InChI=1S/C23H31F3O4/c1-8-9-17(15-10-12-16(13-11-15)23(24,25)26)18(19(27)30-22(5,6)7)14-29-20(28)21(2,3)4/h8-13,17-18H,14H2,1-7H3/t17-,18-/m1/s1. The van der Waals surface area contributed by atoms with Gasteiger partial charge >= 0.3 is 18.1 Å². The van der Waals surface area contributed by atoms with E-state index in [1.165, 1.54) is 12.1 Å². The lowest BCUT2D eigenvalue weighted by atomic mass is 9.85. The molecule has 7 heteroatoms. The average molecular weight is 428 g/mol. The monoisotopic (exact) mass is 428 g/mol. The van der Waals surface area contributed by atoms with E-state index in [9.17, 15) is 22.8 Å². The van der Waals surface area contributed by atoms with Crippen LogP contribution >= 0.6 is 0 Å². The van der Waals surface area contributed by atoms with Crippen molar-refractivity contribution in [3.63, 3.8) is 0 Å². The predicted octanol–water partition coefficient (Wildman–Crippen LogP) is 5.91. The first kappa shape index (κ1) is 25.7. The third-order valence-corrected chi connectivity index (χ3v) is 4.17. The Hall–Kier alpha value is -2.31. The molecule has 0 aliphatic heterocycles. The maximum atomic E-state index is 12.9. The largest absolute Gasteiger partial charge is 0.464 e. The number of benzene rings is 1. The lowest BCUT2D eigenvalue weighted by molar-refractivity contribution is -0.166. The molecule has 0 fully saturated rings. The number of hydrogen-bond acceptors (Lipinski definition) is 4. The zero-order chi connectivity index (χ0) is 23.3. The van der Waals surface area contributed by atoms with Crippen molar-refractivity contribution in [2.75, 3.05) is 6.61 Å². The summed E-state index contributed by atoms with van der Waals surface area (Å²) in [5.41, 5.74) is -1.82. The first-order chi connectivity index (χ1) is 13.6.